The Labute approximate surface area is 176 Å². The summed E-state index contributed by atoms with van der Waals surface area (Å²) in [4.78, 5) is 0.354. The Kier molecular flexibility index (Phi) is 6.13. The lowest BCUT2D eigenvalue weighted by molar-refractivity contribution is 0.414. The van der Waals surface area contributed by atoms with E-state index in [9.17, 15) is 8.42 Å². The molecular weight excluding hydrogens is 402 g/mol. The number of hydrogen-bond acceptors (Lipinski definition) is 5. The first kappa shape index (κ1) is 20.3. The molecule has 6 heteroatoms. The molecule has 1 radical (unpaired) electrons. The smallest absolute Gasteiger partial charge is 0.184 e. The SMILES string of the molecule is COc1ccc(CS[C@H]2CN[C@H]([CH]S(=O)(=O)c3ccc4ccccc4c3)C2)cc1. The van der Waals surface area contributed by atoms with Crippen LogP contribution in [0.25, 0.3) is 10.8 Å². The Balaban J connectivity index is 1.34. The minimum Gasteiger partial charge on any atom is -0.497 e. The summed E-state index contributed by atoms with van der Waals surface area (Å²) in [5, 5.41) is 5.72. The number of rotatable bonds is 7. The highest BCUT2D eigenvalue weighted by molar-refractivity contribution is 7.99. The number of thioether (sulfide) groups is 1. The van der Waals surface area contributed by atoms with E-state index in [0.29, 0.717) is 10.1 Å². The maximum atomic E-state index is 12.9. The first-order chi connectivity index (χ1) is 14.0. The van der Waals surface area contributed by atoms with Gasteiger partial charge in [0, 0.05) is 23.6 Å². The first-order valence-electron chi connectivity index (χ1n) is 9.60. The predicted molar refractivity (Wildman–Crippen MR) is 120 cm³/mol. The highest BCUT2D eigenvalue weighted by atomic mass is 32.2. The summed E-state index contributed by atoms with van der Waals surface area (Å²) in [5.74, 6) is 3.24. The van der Waals surface area contributed by atoms with Crippen LogP contribution < -0.4 is 10.1 Å². The second-order valence-corrected chi connectivity index (χ2v) is 10.3. The van der Waals surface area contributed by atoms with Crippen molar-refractivity contribution in [3.05, 3.63) is 78.0 Å². The average molecular weight is 427 g/mol. The lowest BCUT2D eigenvalue weighted by Gasteiger charge is -2.12. The zero-order chi connectivity index (χ0) is 20.3. The van der Waals surface area contributed by atoms with Crippen molar-refractivity contribution in [3.8, 4) is 5.75 Å². The van der Waals surface area contributed by atoms with Gasteiger partial charge in [0.15, 0.2) is 9.84 Å². The van der Waals surface area contributed by atoms with Gasteiger partial charge in [0.1, 0.15) is 5.75 Å². The molecule has 1 N–H and O–H groups in total. The van der Waals surface area contributed by atoms with Crippen molar-refractivity contribution in [2.24, 2.45) is 0 Å². The molecule has 2 atom stereocenters. The maximum absolute atomic E-state index is 12.9. The Morgan fingerprint density at radius 1 is 1.07 bits per heavy atom. The fourth-order valence-electron chi connectivity index (χ4n) is 3.54. The van der Waals surface area contributed by atoms with Crippen LogP contribution in [0.4, 0.5) is 0 Å². The molecule has 0 spiro atoms. The molecule has 0 unspecified atom stereocenters. The molecule has 4 rings (SSSR count). The normalized spacial score (nSPS) is 19.5. The van der Waals surface area contributed by atoms with E-state index < -0.39 is 9.84 Å². The third kappa shape index (κ3) is 4.94. The van der Waals surface area contributed by atoms with Crippen molar-refractivity contribution in [1.29, 1.82) is 0 Å². The van der Waals surface area contributed by atoms with Crippen LogP contribution in [-0.4, -0.2) is 33.4 Å². The van der Waals surface area contributed by atoms with E-state index in [2.05, 4.69) is 17.4 Å². The molecular formula is C23H24NO3S2. The molecule has 0 saturated carbocycles. The molecule has 0 amide bonds. The van der Waals surface area contributed by atoms with Crippen LogP contribution in [0.15, 0.2) is 71.6 Å². The number of ether oxygens (including phenoxy) is 1. The molecule has 1 fully saturated rings. The van der Waals surface area contributed by atoms with Crippen molar-refractivity contribution in [1.82, 2.24) is 5.32 Å². The first-order valence-corrected chi connectivity index (χ1v) is 12.2. The van der Waals surface area contributed by atoms with Crippen LogP contribution in [0.3, 0.4) is 0 Å². The lowest BCUT2D eigenvalue weighted by atomic mass is 10.1. The number of nitrogens with one attached hydrogen (secondary N) is 1. The van der Waals surface area contributed by atoms with E-state index in [0.717, 1.165) is 35.2 Å². The van der Waals surface area contributed by atoms with E-state index in [-0.39, 0.29) is 6.04 Å². The number of hydrogen-bond donors (Lipinski definition) is 1. The number of fused-ring (bicyclic) bond motifs is 1. The number of sulfone groups is 1. The number of benzene rings is 3. The van der Waals surface area contributed by atoms with Crippen LogP contribution in [0.1, 0.15) is 12.0 Å². The molecule has 3 aromatic rings. The van der Waals surface area contributed by atoms with Gasteiger partial charge in [-0.3, -0.25) is 0 Å². The zero-order valence-electron chi connectivity index (χ0n) is 16.2. The fourth-order valence-corrected chi connectivity index (χ4v) is 6.06. The Morgan fingerprint density at radius 2 is 1.83 bits per heavy atom. The van der Waals surface area contributed by atoms with Crippen LogP contribution in [0, 0.1) is 5.75 Å². The zero-order valence-corrected chi connectivity index (χ0v) is 17.9. The Morgan fingerprint density at radius 3 is 2.59 bits per heavy atom. The molecule has 1 saturated heterocycles. The van der Waals surface area contributed by atoms with E-state index in [1.165, 1.54) is 11.3 Å². The summed E-state index contributed by atoms with van der Waals surface area (Å²) in [7, 11) is -1.78. The highest BCUT2D eigenvalue weighted by Crippen LogP contribution is 2.29. The van der Waals surface area contributed by atoms with E-state index in [4.69, 9.17) is 4.74 Å². The maximum Gasteiger partial charge on any atom is 0.184 e. The van der Waals surface area contributed by atoms with Crippen LogP contribution in [-0.2, 0) is 15.6 Å². The van der Waals surface area contributed by atoms with Gasteiger partial charge < -0.3 is 10.1 Å². The molecule has 29 heavy (non-hydrogen) atoms. The van der Waals surface area contributed by atoms with E-state index in [1.54, 1.807) is 19.2 Å². The summed E-state index contributed by atoms with van der Waals surface area (Å²) in [6.07, 6.45) is 0.813. The third-order valence-electron chi connectivity index (χ3n) is 5.16. The predicted octanol–water partition coefficient (Wildman–Crippen LogP) is 4.45. The highest BCUT2D eigenvalue weighted by Gasteiger charge is 2.29. The van der Waals surface area contributed by atoms with Crippen LogP contribution >= 0.6 is 11.8 Å². The summed E-state index contributed by atoms with van der Waals surface area (Å²) >= 11 is 1.86. The second kappa shape index (κ2) is 8.78. The number of methoxy groups -OCH3 is 1. The van der Waals surface area contributed by atoms with Crippen molar-refractivity contribution in [2.75, 3.05) is 13.7 Å². The van der Waals surface area contributed by atoms with Gasteiger partial charge in [-0.15, -0.1) is 0 Å². The minimum atomic E-state index is -3.44. The molecule has 0 aromatic heterocycles. The molecule has 0 bridgehead atoms. The average Bonchev–Trinajstić information content (AvgIpc) is 3.19. The van der Waals surface area contributed by atoms with Crippen molar-refractivity contribution < 1.29 is 13.2 Å². The molecule has 4 nitrogen and oxygen atoms in total. The summed E-state index contributed by atoms with van der Waals surface area (Å²) < 4.78 is 30.9. The minimum absolute atomic E-state index is 0.125. The molecule has 151 valence electrons. The van der Waals surface area contributed by atoms with Crippen LogP contribution in [0.5, 0.6) is 5.75 Å². The molecule has 0 aliphatic carbocycles. The van der Waals surface area contributed by atoms with E-state index in [1.807, 2.05) is 54.2 Å². The monoisotopic (exact) mass is 426 g/mol. The van der Waals surface area contributed by atoms with Gasteiger partial charge in [0.25, 0.3) is 0 Å². The standard InChI is InChI=1S/C23H24NO3S2/c1-27-21-9-6-17(7-10-21)15-28-22-13-20(24-14-22)16-29(25,26)23-11-8-18-4-2-3-5-19(18)12-23/h2-12,16,20,22,24H,13-15H2,1H3/t20-,22+/m0/s1. The van der Waals surface area contributed by atoms with Gasteiger partial charge in [-0.05, 0) is 47.0 Å². The summed E-state index contributed by atoms with van der Waals surface area (Å²) in [6.45, 7) is 0.815. The Bertz CT molecular complexity index is 1080. The third-order valence-corrected chi connectivity index (χ3v) is 8.09. The van der Waals surface area contributed by atoms with Gasteiger partial charge in [0.05, 0.1) is 17.8 Å². The molecule has 1 aliphatic rings. The van der Waals surface area contributed by atoms with Crippen molar-refractivity contribution in [3.63, 3.8) is 0 Å². The van der Waals surface area contributed by atoms with Crippen LogP contribution in [0.2, 0.25) is 0 Å². The fraction of sp³-hybridized carbons (Fsp3) is 0.261. The largest absolute Gasteiger partial charge is 0.497 e. The van der Waals surface area contributed by atoms with Gasteiger partial charge in [-0.25, -0.2) is 8.42 Å². The van der Waals surface area contributed by atoms with Crippen molar-refractivity contribution in [2.45, 2.75) is 28.4 Å². The Hall–Kier alpha value is -2.02. The van der Waals surface area contributed by atoms with Gasteiger partial charge in [0.2, 0.25) is 0 Å². The lowest BCUT2D eigenvalue weighted by Crippen LogP contribution is -2.25. The van der Waals surface area contributed by atoms with Gasteiger partial charge >= 0.3 is 0 Å². The topological polar surface area (TPSA) is 55.4 Å². The second-order valence-electron chi connectivity index (χ2n) is 7.22. The molecule has 1 heterocycles. The van der Waals surface area contributed by atoms with Crippen molar-refractivity contribution >= 4 is 32.4 Å². The molecule has 1 aliphatic heterocycles. The summed E-state index contributed by atoms with van der Waals surface area (Å²) in [6, 6.07) is 21.1. The van der Waals surface area contributed by atoms with E-state index >= 15 is 0 Å². The summed E-state index contributed by atoms with van der Waals surface area (Å²) in [5.41, 5.74) is 1.24. The van der Waals surface area contributed by atoms with Gasteiger partial charge in [-0.2, -0.15) is 11.8 Å². The molecule has 3 aromatic carbocycles. The quantitative estimate of drug-likeness (QED) is 0.605. The van der Waals surface area contributed by atoms with Gasteiger partial charge in [-0.1, -0.05) is 42.5 Å².